The van der Waals surface area contributed by atoms with Gasteiger partial charge in [-0.1, -0.05) is 0 Å². The standard InChI is InChI=1S/C10H17N3O2/c1-11-9(15)13-10(6-14)7-2-3-8(10)5-12-4-7/h6-8,12H,2-5H2,1H3,(H2,11,13,15). The number of urea groups is 1. The van der Waals surface area contributed by atoms with Gasteiger partial charge in [-0.25, -0.2) is 4.79 Å². The third kappa shape index (κ3) is 1.51. The minimum absolute atomic E-state index is 0.242. The minimum atomic E-state index is -0.634. The molecule has 2 aliphatic rings. The van der Waals surface area contributed by atoms with Crippen LogP contribution in [-0.2, 0) is 4.79 Å². The average molecular weight is 211 g/mol. The van der Waals surface area contributed by atoms with Crippen molar-refractivity contribution in [3.63, 3.8) is 0 Å². The number of carbonyl (C=O) groups excluding carboxylic acids is 2. The molecular weight excluding hydrogens is 194 g/mol. The number of carbonyl (C=O) groups is 2. The molecule has 2 fully saturated rings. The molecule has 2 rings (SSSR count). The van der Waals surface area contributed by atoms with Crippen LogP contribution in [0, 0.1) is 11.8 Å². The molecule has 1 saturated carbocycles. The summed E-state index contributed by atoms with van der Waals surface area (Å²) < 4.78 is 0. The van der Waals surface area contributed by atoms with Gasteiger partial charge >= 0.3 is 6.03 Å². The molecule has 2 unspecified atom stereocenters. The van der Waals surface area contributed by atoms with E-state index in [1.54, 1.807) is 7.05 Å². The lowest BCUT2D eigenvalue weighted by Gasteiger charge is -2.40. The summed E-state index contributed by atoms with van der Waals surface area (Å²) in [5, 5.41) is 8.64. The highest BCUT2D eigenvalue weighted by Crippen LogP contribution is 2.41. The Labute approximate surface area is 89.0 Å². The maximum Gasteiger partial charge on any atom is 0.315 e. The van der Waals surface area contributed by atoms with E-state index in [-0.39, 0.29) is 17.9 Å². The SMILES string of the molecule is CNC(=O)NC1(C=O)C2CCC1CNC2. The highest BCUT2D eigenvalue weighted by Gasteiger charge is 2.53. The summed E-state index contributed by atoms with van der Waals surface area (Å²) in [6.07, 6.45) is 2.96. The van der Waals surface area contributed by atoms with Crippen molar-refractivity contribution in [1.82, 2.24) is 16.0 Å². The van der Waals surface area contributed by atoms with Gasteiger partial charge in [-0.15, -0.1) is 0 Å². The third-order valence-corrected chi connectivity index (χ3v) is 3.75. The van der Waals surface area contributed by atoms with Crippen LogP contribution in [0.1, 0.15) is 12.8 Å². The Kier molecular flexibility index (Phi) is 2.65. The van der Waals surface area contributed by atoms with E-state index in [0.717, 1.165) is 32.2 Å². The minimum Gasteiger partial charge on any atom is -0.341 e. The number of rotatable bonds is 2. The molecule has 15 heavy (non-hydrogen) atoms. The van der Waals surface area contributed by atoms with Crippen molar-refractivity contribution in [2.75, 3.05) is 20.1 Å². The van der Waals surface area contributed by atoms with Crippen molar-refractivity contribution >= 4 is 12.3 Å². The second kappa shape index (κ2) is 3.81. The summed E-state index contributed by atoms with van der Waals surface area (Å²) in [4.78, 5) is 22.7. The Balaban J connectivity index is 2.20. The Morgan fingerprint density at radius 1 is 1.40 bits per heavy atom. The molecule has 0 spiro atoms. The summed E-state index contributed by atoms with van der Waals surface area (Å²) in [6, 6.07) is -0.263. The molecule has 0 aromatic rings. The van der Waals surface area contributed by atoms with E-state index in [1.165, 1.54) is 0 Å². The van der Waals surface area contributed by atoms with Crippen LogP contribution in [0.3, 0.4) is 0 Å². The predicted octanol–water partition coefficient (Wildman–Crippen LogP) is -0.517. The molecule has 2 bridgehead atoms. The molecular formula is C10H17N3O2. The summed E-state index contributed by atoms with van der Waals surface area (Å²) in [6.45, 7) is 1.64. The fourth-order valence-electron chi connectivity index (χ4n) is 2.87. The van der Waals surface area contributed by atoms with Gasteiger partial charge in [0.2, 0.25) is 0 Å². The maximum atomic E-state index is 11.4. The van der Waals surface area contributed by atoms with Crippen LogP contribution in [0.5, 0.6) is 0 Å². The largest absolute Gasteiger partial charge is 0.341 e. The average Bonchev–Trinajstić information content (AvgIpc) is 2.45. The third-order valence-electron chi connectivity index (χ3n) is 3.75. The maximum absolute atomic E-state index is 11.4. The van der Waals surface area contributed by atoms with E-state index in [0.29, 0.717) is 0 Å². The number of amides is 2. The van der Waals surface area contributed by atoms with Crippen LogP contribution < -0.4 is 16.0 Å². The van der Waals surface area contributed by atoms with Gasteiger partial charge in [0.1, 0.15) is 11.8 Å². The molecule has 2 atom stereocenters. The summed E-state index contributed by atoms with van der Waals surface area (Å²) in [5.74, 6) is 0.483. The van der Waals surface area contributed by atoms with E-state index in [2.05, 4.69) is 16.0 Å². The second-order valence-electron chi connectivity index (χ2n) is 4.38. The van der Waals surface area contributed by atoms with Crippen LogP contribution in [0.4, 0.5) is 4.79 Å². The van der Waals surface area contributed by atoms with Gasteiger partial charge in [-0.3, -0.25) is 0 Å². The zero-order valence-corrected chi connectivity index (χ0v) is 8.88. The summed E-state index contributed by atoms with van der Waals surface area (Å²) in [7, 11) is 1.57. The molecule has 0 aromatic heterocycles. The first-order valence-corrected chi connectivity index (χ1v) is 5.40. The van der Waals surface area contributed by atoms with E-state index < -0.39 is 5.54 Å². The number of aldehydes is 1. The number of hydrogen-bond donors (Lipinski definition) is 3. The second-order valence-corrected chi connectivity index (χ2v) is 4.38. The van der Waals surface area contributed by atoms with Crippen molar-refractivity contribution in [3.8, 4) is 0 Å². The first-order valence-electron chi connectivity index (χ1n) is 5.40. The first-order chi connectivity index (χ1) is 7.23. The normalized spacial score (nSPS) is 38.5. The zero-order valence-electron chi connectivity index (χ0n) is 8.88. The van der Waals surface area contributed by atoms with E-state index in [9.17, 15) is 9.59 Å². The molecule has 5 nitrogen and oxygen atoms in total. The van der Waals surface area contributed by atoms with Gasteiger partial charge in [0.05, 0.1) is 0 Å². The highest BCUT2D eigenvalue weighted by molar-refractivity contribution is 5.81. The molecule has 1 aliphatic heterocycles. The molecule has 0 aromatic carbocycles. The lowest BCUT2D eigenvalue weighted by molar-refractivity contribution is -0.116. The van der Waals surface area contributed by atoms with Crippen molar-refractivity contribution in [2.45, 2.75) is 18.4 Å². The van der Waals surface area contributed by atoms with Crippen molar-refractivity contribution in [1.29, 1.82) is 0 Å². The Hall–Kier alpha value is -1.10. The molecule has 3 N–H and O–H groups in total. The molecule has 1 heterocycles. The van der Waals surface area contributed by atoms with Gasteiger partial charge in [0.15, 0.2) is 0 Å². The first kappa shape index (κ1) is 10.4. The Bertz CT molecular complexity index is 264. The van der Waals surface area contributed by atoms with E-state index in [4.69, 9.17) is 0 Å². The molecule has 1 saturated heterocycles. The van der Waals surface area contributed by atoms with Gasteiger partial charge in [-0.2, -0.15) is 0 Å². The van der Waals surface area contributed by atoms with Crippen LogP contribution >= 0.6 is 0 Å². The number of nitrogens with one attached hydrogen (secondary N) is 3. The molecule has 5 heteroatoms. The lowest BCUT2D eigenvalue weighted by atomic mass is 9.79. The summed E-state index contributed by atoms with van der Waals surface area (Å²) in [5.41, 5.74) is -0.634. The molecule has 2 amide bonds. The van der Waals surface area contributed by atoms with Gasteiger partial charge in [0.25, 0.3) is 0 Å². The highest BCUT2D eigenvalue weighted by atomic mass is 16.2. The zero-order chi connectivity index (χ0) is 10.9. The van der Waals surface area contributed by atoms with E-state index >= 15 is 0 Å². The lowest BCUT2D eigenvalue weighted by Crippen LogP contribution is -2.64. The molecule has 1 aliphatic carbocycles. The van der Waals surface area contributed by atoms with Crippen molar-refractivity contribution in [3.05, 3.63) is 0 Å². The number of hydrogen-bond acceptors (Lipinski definition) is 3. The Morgan fingerprint density at radius 3 is 2.47 bits per heavy atom. The van der Waals surface area contributed by atoms with Gasteiger partial charge < -0.3 is 20.7 Å². The van der Waals surface area contributed by atoms with Crippen LogP contribution in [0.15, 0.2) is 0 Å². The fourth-order valence-corrected chi connectivity index (χ4v) is 2.87. The van der Waals surface area contributed by atoms with Crippen LogP contribution in [0.2, 0.25) is 0 Å². The molecule has 84 valence electrons. The van der Waals surface area contributed by atoms with Gasteiger partial charge in [-0.05, 0) is 12.8 Å². The topological polar surface area (TPSA) is 70.2 Å². The van der Waals surface area contributed by atoms with Gasteiger partial charge in [0, 0.05) is 32.0 Å². The molecule has 0 radical (unpaired) electrons. The quantitative estimate of drug-likeness (QED) is 0.538. The van der Waals surface area contributed by atoms with Crippen molar-refractivity contribution in [2.24, 2.45) is 11.8 Å². The Morgan fingerprint density at radius 2 is 2.00 bits per heavy atom. The van der Waals surface area contributed by atoms with Crippen LogP contribution in [-0.4, -0.2) is 38.0 Å². The monoisotopic (exact) mass is 211 g/mol. The van der Waals surface area contributed by atoms with E-state index in [1.807, 2.05) is 0 Å². The fraction of sp³-hybridized carbons (Fsp3) is 0.800. The smallest absolute Gasteiger partial charge is 0.315 e. The van der Waals surface area contributed by atoms with Crippen molar-refractivity contribution < 1.29 is 9.59 Å². The number of fused-ring (bicyclic) bond motifs is 2. The van der Waals surface area contributed by atoms with Crippen LogP contribution in [0.25, 0.3) is 0 Å². The summed E-state index contributed by atoms with van der Waals surface area (Å²) >= 11 is 0. The predicted molar refractivity (Wildman–Crippen MR) is 55.5 cm³/mol. The number of piperidine rings is 1.